The maximum absolute atomic E-state index is 5.95. The van der Waals surface area contributed by atoms with Crippen molar-refractivity contribution >= 4 is 15.9 Å². The molecule has 0 bridgehead atoms. The van der Waals surface area contributed by atoms with Crippen molar-refractivity contribution < 1.29 is 0 Å². The van der Waals surface area contributed by atoms with Crippen molar-refractivity contribution in [1.29, 1.82) is 0 Å². The molecule has 0 fully saturated rings. The van der Waals surface area contributed by atoms with Crippen LogP contribution in [0.15, 0.2) is 16.7 Å². The summed E-state index contributed by atoms with van der Waals surface area (Å²) in [5.74, 6) is 0. The Morgan fingerprint density at radius 1 is 1.42 bits per heavy atom. The molecule has 0 radical (unpaired) electrons. The van der Waals surface area contributed by atoms with Crippen LogP contribution in [0.25, 0.3) is 0 Å². The molecule has 3 heteroatoms. The molecule has 2 N–H and O–H groups in total. The van der Waals surface area contributed by atoms with Crippen molar-refractivity contribution in [2.45, 2.75) is 26.3 Å². The Morgan fingerprint density at radius 2 is 2.00 bits per heavy atom. The first-order valence-electron chi connectivity index (χ1n) is 3.84. The molecule has 0 amide bonds. The van der Waals surface area contributed by atoms with Crippen LogP contribution in [0.4, 0.5) is 0 Å². The molecule has 0 aromatic carbocycles. The monoisotopic (exact) mass is 228 g/mol. The van der Waals surface area contributed by atoms with E-state index in [0.717, 1.165) is 15.9 Å². The van der Waals surface area contributed by atoms with E-state index in [1.54, 1.807) is 0 Å². The number of hydrogen-bond acceptors (Lipinski definition) is 2. The van der Waals surface area contributed by atoms with E-state index in [1.807, 2.05) is 32.9 Å². The fraction of sp³-hybridized carbons (Fsp3) is 0.444. The first-order valence-corrected chi connectivity index (χ1v) is 4.63. The predicted octanol–water partition coefficient (Wildman–Crippen LogP) is 2.35. The Bertz CT molecular complexity index is 289. The molecule has 0 spiro atoms. The summed E-state index contributed by atoms with van der Waals surface area (Å²) in [7, 11) is 0. The molecule has 0 aliphatic rings. The van der Waals surface area contributed by atoms with Crippen LogP contribution in [0.3, 0.4) is 0 Å². The molecular formula is C9H13BrN2. The largest absolute Gasteiger partial charge is 0.322 e. The van der Waals surface area contributed by atoms with E-state index in [2.05, 4.69) is 20.9 Å². The molecule has 1 aromatic heterocycles. The molecule has 1 rings (SSSR count). The average molecular weight is 229 g/mol. The quantitative estimate of drug-likeness (QED) is 0.750. The molecule has 0 saturated carbocycles. The molecule has 2 nitrogen and oxygen atoms in total. The van der Waals surface area contributed by atoms with Gasteiger partial charge in [-0.05, 0) is 48.3 Å². The molecular weight excluding hydrogens is 216 g/mol. The van der Waals surface area contributed by atoms with Gasteiger partial charge in [0.2, 0.25) is 0 Å². The zero-order valence-electron chi connectivity index (χ0n) is 7.56. The minimum atomic E-state index is -0.308. The molecule has 0 aliphatic carbocycles. The van der Waals surface area contributed by atoms with Gasteiger partial charge in [-0.2, -0.15) is 0 Å². The first-order chi connectivity index (χ1) is 5.41. The van der Waals surface area contributed by atoms with E-state index in [0.29, 0.717) is 0 Å². The van der Waals surface area contributed by atoms with Gasteiger partial charge in [-0.1, -0.05) is 6.07 Å². The van der Waals surface area contributed by atoms with Crippen LogP contribution in [0.5, 0.6) is 0 Å². The molecule has 0 atom stereocenters. The lowest BCUT2D eigenvalue weighted by Crippen LogP contribution is -2.29. The van der Waals surface area contributed by atoms with E-state index in [4.69, 9.17) is 5.73 Å². The standard InChI is InChI=1S/C9H13BrN2/c1-6-7(9(2,3)11)4-5-8(10)12-6/h4-5H,11H2,1-3H3. The molecule has 66 valence electrons. The van der Waals surface area contributed by atoms with Crippen molar-refractivity contribution in [2.24, 2.45) is 5.73 Å². The number of nitrogens with two attached hydrogens (primary N) is 1. The van der Waals surface area contributed by atoms with E-state index < -0.39 is 0 Å². The lowest BCUT2D eigenvalue weighted by atomic mass is 9.95. The Morgan fingerprint density at radius 3 is 2.42 bits per heavy atom. The van der Waals surface area contributed by atoms with Crippen LogP contribution in [0, 0.1) is 6.92 Å². The third kappa shape index (κ3) is 2.05. The third-order valence-electron chi connectivity index (χ3n) is 1.75. The molecule has 1 heterocycles. The van der Waals surface area contributed by atoms with Gasteiger partial charge < -0.3 is 5.73 Å². The number of aromatic nitrogens is 1. The number of pyridine rings is 1. The normalized spacial score (nSPS) is 11.8. The number of nitrogens with zero attached hydrogens (tertiary/aromatic N) is 1. The van der Waals surface area contributed by atoms with Crippen LogP contribution in [0.2, 0.25) is 0 Å². The third-order valence-corrected chi connectivity index (χ3v) is 2.19. The maximum Gasteiger partial charge on any atom is 0.106 e. The van der Waals surface area contributed by atoms with Gasteiger partial charge in [-0.15, -0.1) is 0 Å². The highest BCUT2D eigenvalue weighted by Gasteiger charge is 2.16. The van der Waals surface area contributed by atoms with Crippen molar-refractivity contribution in [1.82, 2.24) is 4.98 Å². The van der Waals surface area contributed by atoms with Gasteiger partial charge in [-0.25, -0.2) is 4.98 Å². The summed E-state index contributed by atoms with van der Waals surface area (Å²) in [6, 6.07) is 3.92. The molecule has 0 saturated heterocycles. The van der Waals surface area contributed by atoms with Gasteiger partial charge in [-0.3, -0.25) is 0 Å². The van der Waals surface area contributed by atoms with Crippen molar-refractivity contribution in [2.75, 3.05) is 0 Å². The van der Waals surface area contributed by atoms with Gasteiger partial charge in [0.05, 0.1) is 0 Å². The highest BCUT2D eigenvalue weighted by molar-refractivity contribution is 9.10. The number of hydrogen-bond donors (Lipinski definition) is 1. The summed E-state index contributed by atoms with van der Waals surface area (Å²) in [6.45, 7) is 5.92. The van der Waals surface area contributed by atoms with Gasteiger partial charge in [0.15, 0.2) is 0 Å². The number of halogens is 1. The second-order valence-corrected chi connectivity index (χ2v) is 4.30. The smallest absolute Gasteiger partial charge is 0.106 e. The fourth-order valence-corrected chi connectivity index (χ4v) is 1.61. The summed E-state index contributed by atoms with van der Waals surface area (Å²) < 4.78 is 0.855. The number of rotatable bonds is 1. The second kappa shape index (κ2) is 3.15. The van der Waals surface area contributed by atoms with Crippen LogP contribution in [0.1, 0.15) is 25.1 Å². The highest BCUT2D eigenvalue weighted by atomic mass is 79.9. The summed E-state index contributed by atoms with van der Waals surface area (Å²) in [5.41, 5.74) is 7.72. The SMILES string of the molecule is Cc1nc(Br)ccc1C(C)(C)N. The predicted molar refractivity (Wildman–Crippen MR) is 53.9 cm³/mol. The highest BCUT2D eigenvalue weighted by Crippen LogP contribution is 2.21. The summed E-state index contributed by atoms with van der Waals surface area (Å²) in [5, 5.41) is 0. The zero-order valence-corrected chi connectivity index (χ0v) is 9.14. The Hall–Kier alpha value is -0.410. The summed E-state index contributed by atoms with van der Waals surface area (Å²) in [6.07, 6.45) is 0. The van der Waals surface area contributed by atoms with Crippen LogP contribution < -0.4 is 5.73 Å². The maximum atomic E-state index is 5.95. The summed E-state index contributed by atoms with van der Waals surface area (Å²) >= 11 is 3.31. The fourth-order valence-electron chi connectivity index (χ4n) is 1.21. The van der Waals surface area contributed by atoms with Crippen molar-refractivity contribution in [3.63, 3.8) is 0 Å². The van der Waals surface area contributed by atoms with Crippen LogP contribution in [-0.4, -0.2) is 4.98 Å². The number of aryl methyl sites for hydroxylation is 1. The van der Waals surface area contributed by atoms with Gasteiger partial charge >= 0.3 is 0 Å². The van der Waals surface area contributed by atoms with E-state index in [9.17, 15) is 0 Å². The van der Waals surface area contributed by atoms with E-state index in [1.165, 1.54) is 0 Å². The first kappa shape index (κ1) is 9.68. The molecule has 0 unspecified atom stereocenters. The molecule has 1 aromatic rings. The lowest BCUT2D eigenvalue weighted by molar-refractivity contribution is 0.547. The minimum absolute atomic E-state index is 0.308. The Kier molecular flexibility index (Phi) is 2.54. The van der Waals surface area contributed by atoms with Crippen molar-refractivity contribution in [3.8, 4) is 0 Å². The van der Waals surface area contributed by atoms with Crippen molar-refractivity contribution in [3.05, 3.63) is 28.0 Å². The topological polar surface area (TPSA) is 38.9 Å². The van der Waals surface area contributed by atoms with Gasteiger partial charge in [0.25, 0.3) is 0 Å². The molecule has 0 aliphatic heterocycles. The Labute approximate surface area is 81.3 Å². The summed E-state index contributed by atoms with van der Waals surface area (Å²) in [4.78, 5) is 4.28. The zero-order chi connectivity index (χ0) is 9.35. The van der Waals surface area contributed by atoms with E-state index in [-0.39, 0.29) is 5.54 Å². The molecule has 12 heavy (non-hydrogen) atoms. The minimum Gasteiger partial charge on any atom is -0.322 e. The van der Waals surface area contributed by atoms with Crippen LogP contribution in [-0.2, 0) is 5.54 Å². The van der Waals surface area contributed by atoms with Crippen LogP contribution >= 0.6 is 15.9 Å². The lowest BCUT2D eigenvalue weighted by Gasteiger charge is -2.20. The van der Waals surface area contributed by atoms with Gasteiger partial charge in [0, 0.05) is 11.2 Å². The second-order valence-electron chi connectivity index (χ2n) is 3.49. The average Bonchev–Trinajstić information content (AvgIpc) is 1.83. The Balaban J connectivity index is 3.19. The van der Waals surface area contributed by atoms with E-state index >= 15 is 0 Å². The van der Waals surface area contributed by atoms with Gasteiger partial charge in [0.1, 0.15) is 4.60 Å².